The van der Waals surface area contributed by atoms with Crippen LogP contribution < -0.4 is 5.32 Å². The number of oxazole rings is 1. The van der Waals surface area contributed by atoms with Crippen molar-refractivity contribution in [1.82, 2.24) is 4.98 Å². The quantitative estimate of drug-likeness (QED) is 0.878. The summed E-state index contributed by atoms with van der Waals surface area (Å²) in [5.74, 6) is -0.0559. The molecule has 0 aliphatic carbocycles. The van der Waals surface area contributed by atoms with Gasteiger partial charge in [-0.15, -0.1) is 0 Å². The van der Waals surface area contributed by atoms with Crippen molar-refractivity contribution in [3.8, 4) is 0 Å². The van der Waals surface area contributed by atoms with Crippen molar-refractivity contribution < 1.29 is 18.7 Å². The first kappa shape index (κ1) is 15.8. The Bertz CT molecular complexity index is 689. The molecule has 1 aromatic carbocycles. The number of amides is 1. The Kier molecular flexibility index (Phi) is 4.60. The molecule has 1 atom stereocenters. The molecule has 6 heteroatoms. The van der Waals surface area contributed by atoms with Crippen LogP contribution >= 0.6 is 0 Å². The molecule has 2 rings (SSSR count). The number of aromatic nitrogens is 1. The lowest BCUT2D eigenvalue weighted by Crippen LogP contribution is -2.14. The molecule has 2 aromatic rings. The Hall–Kier alpha value is -2.63. The molecule has 0 saturated carbocycles. The Balaban J connectivity index is 2.10. The number of hydrogen-bond donors (Lipinski definition) is 1. The molecule has 6 nitrogen and oxygen atoms in total. The molecule has 1 N–H and O–H groups in total. The van der Waals surface area contributed by atoms with Crippen molar-refractivity contribution in [1.29, 1.82) is 0 Å². The number of esters is 1. The number of hydrogen-bond acceptors (Lipinski definition) is 5. The summed E-state index contributed by atoms with van der Waals surface area (Å²) in [5.41, 5.74) is 1.70. The summed E-state index contributed by atoms with van der Waals surface area (Å²) in [4.78, 5) is 27.6. The molecule has 0 fully saturated rings. The van der Waals surface area contributed by atoms with Gasteiger partial charge in [-0.1, -0.05) is 12.1 Å². The highest BCUT2D eigenvalue weighted by atomic mass is 16.5. The third-order valence-corrected chi connectivity index (χ3v) is 3.34. The maximum absolute atomic E-state index is 12.1. The SMILES string of the molecule is COC(=O)C(C)c1ccc(NC(=O)c2nc(C)oc2C)cc1. The van der Waals surface area contributed by atoms with E-state index in [9.17, 15) is 9.59 Å². The van der Waals surface area contributed by atoms with E-state index in [1.165, 1.54) is 7.11 Å². The van der Waals surface area contributed by atoms with Crippen LogP contribution in [0.15, 0.2) is 28.7 Å². The summed E-state index contributed by atoms with van der Waals surface area (Å²) in [6.07, 6.45) is 0. The fourth-order valence-corrected chi connectivity index (χ4v) is 2.10. The number of rotatable bonds is 4. The molecule has 0 spiro atoms. The second kappa shape index (κ2) is 6.43. The minimum Gasteiger partial charge on any atom is -0.469 e. The minimum atomic E-state index is -0.352. The number of nitrogens with one attached hydrogen (secondary N) is 1. The van der Waals surface area contributed by atoms with E-state index >= 15 is 0 Å². The van der Waals surface area contributed by atoms with E-state index in [1.54, 1.807) is 45.0 Å². The van der Waals surface area contributed by atoms with Crippen molar-refractivity contribution in [2.24, 2.45) is 0 Å². The monoisotopic (exact) mass is 302 g/mol. The second-order valence-corrected chi connectivity index (χ2v) is 4.96. The highest BCUT2D eigenvalue weighted by Gasteiger charge is 2.17. The van der Waals surface area contributed by atoms with Gasteiger partial charge in [-0.3, -0.25) is 9.59 Å². The van der Waals surface area contributed by atoms with Crippen LogP contribution in [0.5, 0.6) is 0 Å². The Labute approximate surface area is 128 Å². The van der Waals surface area contributed by atoms with Crippen molar-refractivity contribution in [2.75, 3.05) is 12.4 Å². The highest BCUT2D eigenvalue weighted by Crippen LogP contribution is 2.20. The molecule has 116 valence electrons. The van der Waals surface area contributed by atoms with Crippen LogP contribution in [0, 0.1) is 13.8 Å². The van der Waals surface area contributed by atoms with Gasteiger partial charge in [-0.05, 0) is 31.5 Å². The van der Waals surface area contributed by atoms with Crippen LogP contribution in [-0.2, 0) is 9.53 Å². The topological polar surface area (TPSA) is 81.4 Å². The van der Waals surface area contributed by atoms with Crippen LogP contribution in [-0.4, -0.2) is 24.0 Å². The van der Waals surface area contributed by atoms with Crippen LogP contribution in [0.3, 0.4) is 0 Å². The largest absolute Gasteiger partial charge is 0.469 e. The van der Waals surface area contributed by atoms with E-state index in [0.29, 0.717) is 17.3 Å². The smallest absolute Gasteiger partial charge is 0.312 e. The predicted molar refractivity (Wildman–Crippen MR) is 80.8 cm³/mol. The van der Waals surface area contributed by atoms with Crippen LogP contribution in [0.25, 0.3) is 0 Å². The lowest BCUT2D eigenvalue weighted by molar-refractivity contribution is -0.141. The standard InChI is InChI=1S/C16H18N2O4/c1-9(16(20)21-4)12-5-7-13(8-6-12)18-15(19)14-10(2)22-11(3)17-14/h5-9H,1-4H3,(H,18,19). The number of nitrogens with zero attached hydrogens (tertiary/aromatic N) is 1. The van der Waals surface area contributed by atoms with Gasteiger partial charge in [0.05, 0.1) is 13.0 Å². The van der Waals surface area contributed by atoms with Crippen LogP contribution in [0.1, 0.15) is 40.5 Å². The van der Waals surface area contributed by atoms with Crippen molar-refractivity contribution in [3.63, 3.8) is 0 Å². The number of anilines is 1. The zero-order valence-electron chi connectivity index (χ0n) is 13.0. The average molecular weight is 302 g/mol. The molecule has 0 aliphatic heterocycles. The lowest BCUT2D eigenvalue weighted by atomic mass is 10.0. The Morgan fingerprint density at radius 3 is 2.36 bits per heavy atom. The summed E-state index contributed by atoms with van der Waals surface area (Å²) in [5, 5.41) is 2.74. The summed E-state index contributed by atoms with van der Waals surface area (Å²) >= 11 is 0. The number of carbonyl (C=O) groups excluding carboxylic acids is 2. The molecule has 0 saturated heterocycles. The van der Waals surface area contributed by atoms with Crippen molar-refractivity contribution >= 4 is 17.6 Å². The summed E-state index contributed by atoms with van der Waals surface area (Å²) in [6.45, 7) is 5.14. The zero-order valence-corrected chi connectivity index (χ0v) is 13.0. The molecule has 1 amide bonds. The van der Waals surface area contributed by atoms with Gasteiger partial charge in [0, 0.05) is 12.6 Å². The Morgan fingerprint density at radius 1 is 1.23 bits per heavy atom. The number of carbonyl (C=O) groups is 2. The molecular weight excluding hydrogens is 284 g/mol. The van der Waals surface area contributed by atoms with Gasteiger partial charge in [-0.25, -0.2) is 4.98 Å². The van der Waals surface area contributed by atoms with E-state index < -0.39 is 0 Å². The third-order valence-electron chi connectivity index (χ3n) is 3.34. The van der Waals surface area contributed by atoms with E-state index in [-0.39, 0.29) is 23.5 Å². The van der Waals surface area contributed by atoms with Gasteiger partial charge in [0.1, 0.15) is 5.76 Å². The maximum Gasteiger partial charge on any atom is 0.312 e. The lowest BCUT2D eigenvalue weighted by Gasteiger charge is -2.10. The number of aryl methyl sites for hydroxylation is 2. The number of benzene rings is 1. The van der Waals surface area contributed by atoms with Gasteiger partial charge < -0.3 is 14.5 Å². The van der Waals surface area contributed by atoms with Crippen molar-refractivity contribution in [3.05, 3.63) is 47.2 Å². The highest BCUT2D eigenvalue weighted by molar-refractivity contribution is 6.03. The van der Waals surface area contributed by atoms with Gasteiger partial charge in [0.25, 0.3) is 5.91 Å². The molecule has 1 aromatic heterocycles. The third kappa shape index (κ3) is 3.33. The molecule has 1 unspecified atom stereocenters. The fraction of sp³-hybridized carbons (Fsp3) is 0.312. The summed E-state index contributed by atoms with van der Waals surface area (Å²) in [7, 11) is 1.36. The first-order chi connectivity index (χ1) is 10.4. The molecule has 0 bridgehead atoms. The normalized spacial score (nSPS) is 11.8. The molecule has 22 heavy (non-hydrogen) atoms. The molecule has 1 heterocycles. The maximum atomic E-state index is 12.1. The van der Waals surface area contributed by atoms with Crippen molar-refractivity contribution in [2.45, 2.75) is 26.7 Å². The predicted octanol–water partition coefficient (Wildman–Crippen LogP) is 2.82. The number of ether oxygens (including phenoxy) is 1. The summed E-state index contributed by atoms with van der Waals surface area (Å²) in [6, 6.07) is 7.01. The summed E-state index contributed by atoms with van der Waals surface area (Å²) < 4.78 is 9.95. The molecular formula is C16H18N2O4. The van der Waals surface area contributed by atoms with Crippen LogP contribution in [0.2, 0.25) is 0 Å². The average Bonchev–Trinajstić information content (AvgIpc) is 2.85. The fourth-order valence-electron chi connectivity index (χ4n) is 2.10. The van der Waals surface area contributed by atoms with Gasteiger partial charge in [0.15, 0.2) is 11.6 Å². The molecule has 0 radical (unpaired) electrons. The molecule has 0 aliphatic rings. The van der Waals surface area contributed by atoms with E-state index in [0.717, 1.165) is 5.56 Å². The van der Waals surface area contributed by atoms with Crippen LogP contribution in [0.4, 0.5) is 5.69 Å². The van der Waals surface area contributed by atoms with E-state index in [4.69, 9.17) is 9.15 Å². The van der Waals surface area contributed by atoms with Gasteiger partial charge >= 0.3 is 5.97 Å². The van der Waals surface area contributed by atoms with E-state index in [1.807, 2.05) is 0 Å². The first-order valence-corrected chi connectivity index (χ1v) is 6.85. The second-order valence-electron chi connectivity index (χ2n) is 4.96. The number of methoxy groups -OCH3 is 1. The van der Waals surface area contributed by atoms with Gasteiger partial charge in [-0.2, -0.15) is 0 Å². The minimum absolute atomic E-state index is 0.268. The van der Waals surface area contributed by atoms with E-state index in [2.05, 4.69) is 10.3 Å². The first-order valence-electron chi connectivity index (χ1n) is 6.85. The Morgan fingerprint density at radius 2 is 1.86 bits per heavy atom. The zero-order chi connectivity index (χ0) is 16.3. The van der Waals surface area contributed by atoms with Gasteiger partial charge in [0.2, 0.25) is 0 Å².